The van der Waals surface area contributed by atoms with Gasteiger partial charge in [-0.3, -0.25) is 14.9 Å². The molecular weight excluding hydrogens is 362 g/mol. The average Bonchev–Trinajstić information content (AvgIpc) is 2.92. The van der Waals surface area contributed by atoms with E-state index in [1.807, 2.05) is 12.1 Å². The zero-order valence-electron chi connectivity index (χ0n) is 13.2. The van der Waals surface area contributed by atoms with Crippen molar-refractivity contribution in [3.05, 3.63) is 63.5 Å². The van der Waals surface area contributed by atoms with Gasteiger partial charge in [0.2, 0.25) is 0 Å². The van der Waals surface area contributed by atoms with Crippen molar-refractivity contribution < 1.29 is 19.1 Å². The minimum absolute atomic E-state index is 0.349. The molecule has 1 saturated heterocycles. The van der Waals surface area contributed by atoms with E-state index in [0.717, 1.165) is 22.9 Å². The fraction of sp³-hybridized carbons (Fsp3) is 0.111. The van der Waals surface area contributed by atoms with Crippen LogP contribution in [0.2, 0.25) is 5.02 Å². The van der Waals surface area contributed by atoms with Crippen molar-refractivity contribution in [3.63, 3.8) is 0 Å². The molecule has 25 heavy (non-hydrogen) atoms. The van der Waals surface area contributed by atoms with E-state index in [2.05, 4.69) is 5.32 Å². The number of imide groups is 1. The normalized spacial score (nSPS) is 15.4. The molecule has 2 aromatic rings. The lowest BCUT2D eigenvalue weighted by Gasteiger charge is -2.11. The zero-order chi connectivity index (χ0) is 17.8. The standard InChI is InChI=1S/C18H14ClNO4S/c1-23-15-8-12(9-16-17(21)20-18(22)25-16)4-7-14(15)24-10-11-2-5-13(19)6-3-11/h2-9H,10H2,1H3,(H,20,21,22)/b16-9-. The molecule has 7 heteroatoms. The topological polar surface area (TPSA) is 64.6 Å². The van der Waals surface area contributed by atoms with Crippen LogP contribution >= 0.6 is 23.4 Å². The fourth-order valence-corrected chi connectivity index (χ4v) is 3.02. The van der Waals surface area contributed by atoms with Crippen molar-refractivity contribution >= 4 is 40.6 Å². The summed E-state index contributed by atoms with van der Waals surface area (Å²) in [5.74, 6) is 0.731. The van der Waals surface area contributed by atoms with Crippen molar-refractivity contribution in [2.45, 2.75) is 6.61 Å². The Labute approximate surface area is 154 Å². The van der Waals surface area contributed by atoms with Crippen molar-refractivity contribution in [2.75, 3.05) is 7.11 Å². The van der Waals surface area contributed by atoms with Crippen LogP contribution in [0.3, 0.4) is 0 Å². The molecule has 1 aliphatic heterocycles. The third-order valence-corrected chi connectivity index (χ3v) is 4.50. The summed E-state index contributed by atoms with van der Waals surface area (Å²) in [6, 6.07) is 12.7. The van der Waals surface area contributed by atoms with Crippen LogP contribution in [-0.4, -0.2) is 18.3 Å². The van der Waals surface area contributed by atoms with Crippen molar-refractivity contribution in [3.8, 4) is 11.5 Å². The van der Waals surface area contributed by atoms with Gasteiger partial charge in [0.05, 0.1) is 12.0 Å². The molecular formula is C18H14ClNO4S. The minimum atomic E-state index is -0.392. The summed E-state index contributed by atoms with van der Waals surface area (Å²) in [6.45, 7) is 0.376. The number of hydrogen-bond acceptors (Lipinski definition) is 5. The zero-order valence-corrected chi connectivity index (χ0v) is 14.8. The molecule has 5 nitrogen and oxygen atoms in total. The van der Waals surface area contributed by atoms with Crippen LogP contribution in [0, 0.1) is 0 Å². The highest BCUT2D eigenvalue weighted by Gasteiger charge is 2.25. The summed E-state index contributed by atoms with van der Waals surface area (Å²) in [5.41, 5.74) is 1.72. The molecule has 0 radical (unpaired) electrons. The first kappa shape index (κ1) is 17.4. The molecule has 0 spiro atoms. The van der Waals surface area contributed by atoms with Gasteiger partial charge in [-0.05, 0) is 53.2 Å². The second-order valence-corrected chi connectivity index (χ2v) is 6.63. The first-order valence-electron chi connectivity index (χ1n) is 7.35. The maximum Gasteiger partial charge on any atom is 0.290 e. The van der Waals surface area contributed by atoms with Crippen molar-refractivity contribution in [2.24, 2.45) is 0 Å². The SMILES string of the molecule is COc1cc(/C=C2\SC(=O)NC2=O)ccc1OCc1ccc(Cl)cc1. The molecule has 0 aliphatic carbocycles. The lowest BCUT2D eigenvalue weighted by Crippen LogP contribution is -2.17. The Morgan fingerprint density at radius 2 is 1.88 bits per heavy atom. The van der Waals surface area contributed by atoms with Gasteiger partial charge in [-0.1, -0.05) is 29.8 Å². The van der Waals surface area contributed by atoms with Crippen LogP contribution in [0.5, 0.6) is 11.5 Å². The number of benzene rings is 2. The number of carbonyl (C=O) groups is 2. The molecule has 128 valence electrons. The van der Waals surface area contributed by atoms with E-state index in [1.165, 1.54) is 0 Å². The van der Waals surface area contributed by atoms with Gasteiger partial charge >= 0.3 is 0 Å². The van der Waals surface area contributed by atoms with Gasteiger partial charge in [-0.15, -0.1) is 0 Å². The van der Waals surface area contributed by atoms with E-state index in [9.17, 15) is 9.59 Å². The first-order valence-corrected chi connectivity index (χ1v) is 8.55. The Balaban J connectivity index is 1.75. The molecule has 1 heterocycles. The highest BCUT2D eigenvalue weighted by Crippen LogP contribution is 2.32. The van der Waals surface area contributed by atoms with Crippen molar-refractivity contribution in [1.82, 2.24) is 5.32 Å². The molecule has 1 aliphatic rings. The Hall–Kier alpha value is -2.44. The van der Waals surface area contributed by atoms with E-state index in [0.29, 0.717) is 28.0 Å². The van der Waals surface area contributed by atoms with Crippen LogP contribution < -0.4 is 14.8 Å². The number of thioether (sulfide) groups is 1. The van der Waals surface area contributed by atoms with E-state index >= 15 is 0 Å². The third kappa shape index (κ3) is 4.35. The Morgan fingerprint density at radius 1 is 1.12 bits per heavy atom. The van der Waals surface area contributed by atoms with Crippen LogP contribution in [0.15, 0.2) is 47.4 Å². The largest absolute Gasteiger partial charge is 0.493 e. The quantitative estimate of drug-likeness (QED) is 0.791. The van der Waals surface area contributed by atoms with Gasteiger partial charge in [0.1, 0.15) is 6.61 Å². The number of ether oxygens (including phenoxy) is 2. The lowest BCUT2D eigenvalue weighted by atomic mass is 10.2. The van der Waals surface area contributed by atoms with E-state index in [1.54, 1.807) is 43.5 Å². The first-order chi connectivity index (χ1) is 12.0. The number of halogens is 1. The number of hydrogen-bond donors (Lipinski definition) is 1. The summed E-state index contributed by atoms with van der Waals surface area (Å²) in [7, 11) is 1.54. The third-order valence-electron chi connectivity index (χ3n) is 3.44. The number of nitrogens with one attached hydrogen (secondary N) is 1. The Bertz CT molecular complexity index is 849. The molecule has 1 N–H and O–H groups in total. The number of carbonyl (C=O) groups excluding carboxylic acids is 2. The minimum Gasteiger partial charge on any atom is -0.493 e. The maximum atomic E-state index is 11.6. The van der Waals surface area contributed by atoms with Crippen LogP contribution in [0.25, 0.3) is 6.08 Å². The maximum absolute atomic E-state index is 11.6. The molecule has 0 unspecified atom stereocenters. The average molecular weight is 376 g/mol. The highest BCUT2D eigenvalue weighted by atomic mass is 35.5. The van der Waals surface area contributed by atoms with Gasteiger partial charge in [0, 0.05) is 5.02 Å². The van der Waals surface area contributed by atoms with Gasteiger partial charge < -0.3 is 9.47 Å². The summed E-state index contributed by atoms with van der Waals surface area (Å²) < 4.78 is 11.1. The lowest BCUT2D eigenvalue weighted by molar-refractivity contribution is -0.115. The molecule has 0 atom stereocenters. The second kappa shape index (κ2) is 7.63. The molecule has 0 bridgehead atoms. The van der Waals surface area contributed by atoms with E-state index in [4.69, 9.17) is 21.1 Å². The van der Waals surface area contributed by atoms with Gasteiger partial charge in [-0.25, -0.2) is 0 Å². The van der Waals surface area contributed by atoms with Crippen LogP contribution in [0.1, 0.15) is 11.1 Å². The fourth-order valence-electron chi connectivity index (χ4n) is 2.21. The molecule has 0 saturated carbocycles. The summed E-state index contributed by atoms with van der Waals surface area (Å²) >= 11 is 6.74. The Kier molecular flexibility index (Phi) is 5.31. The van der Waals surface area contributed by atoms with Crippen LogP contribution in [0.4, 0.5) is 4.79 Å². The van der Waals surface area contributed by atoms with Crippen molar-refractivity contribution in [1.29, 1.82) is 0 Å². The van der Waals surface area contributed by atoms with E-state index < -0.39 is 5.91 Å². The second-order valence-electron chi connectivity index (χ2n) is 5.18. The molecule has 3 rings (SSSR count). The van der Waals surface area contributed by atoms with Gasteiger partial charge in [0.25, 0.3) is 11.1 Å². The smallest absolute Gasteiger partial charge is 0.290 e. The predicted molar refractivity (Wildman–Crippen MR) is 97.9 cm³/mol. The monoisotopic (exact) mass is 375 g/mol. The summed E-state index contributed by atoms with van der Waals surface area (Å²) in [5, 5.41) is 2.52. The van der Waals surface area contributed by atoms with Gasteiger partial charge in [0.15, 0.2) is 11.5 Å². The number of methoxy groups -OCH3 is 1. The highest BCUT2D eigenvalue weighted by molar-refractivity contribution is 8.18. The summed E-state index contributed by atoms with van der Waals surface area (Å²) in [4.78, 5) is 23.2. The number of rotatable bonds is 5. The van der Waals surface area contributed by atoms with E-state index in [-0.39, 0.29) is 5.24 Å². The van der Waals surface area contributed by atoms with Gasteiger partial charge in [-0.2, -0.15) is 0 Å². The van der Waals surface area contributed by atoms with Crippen LogP contribution in [-0.2, 0) is 11.4 Å². The number of amides is 2. The molecule has 1 fully saturated rings. The Morgan fingerprint density at radius 3 is 2.52 bits per heavy atom. The molecule has 0 aromatic heterocycles. The predicted octanol–water partition coefficient (Wildman–Crippen LogP) is 4.25. The summed E-state index contributed by atoms with van der Waals surface area (Å²) in [6.07, 6.45) is 1.64. The molecule has 2 aromatic carbocycles. The molecule has 2 amide bonds.